The van der Waals surface area contributed by atoms with Crippen LogP contribution in [0.25, 0.3) is 0 Å². The van der Waals surface area contributed by atoms with E-state index in [-0.39, 0.29) is 0 Å². The zero-order chi connectivity index (χ0) is 12.4. The van der Waals surface area contributed by atoms with Gasteiger partial charge in [-0.3, -0.25) is 4.90 Å². The van der Waals surface area contributed by atoms with Crippen LogP contribution in [0.2, 0.25) is 0 Å². The number of hydrogen-bond donors (Lipinski definition) is 0. The van der Waals surface area contributed by atoms with Crippen molar-refractivity contribution >= 4 is 11.3 Å². The Balaban J connectivity index is 1.47. The fraction of sp³-hybridized carbons (Fsp3) is 0.786. The molecule has 2 fully saturated rings. The summed E-state index contributed by atoms with van der Waals surface area (Å²) in [5, 5.41) is 1.19. The van der Waals surface area contributed by atoms with Gasteiger partial charge in [-0.05, 0) is 45.7 Å². The molecule has 0 amide bonds. The summed E-state index contributed by atoms with van der Waals surface area (Å²) in [5.41, 5.74) is 0. The van der Waals surface area contributed by atoms with Crippen molar-refractivity contribution in [1.82, 2.24) is 14.8 Å². The molecule has 0 N–H and O–H groups in total. The summed E-state index contributed by atoms with van der Waals surface area (Å²) in [6.45, 7) is 8.42. The van der Waals surface area contributed by atoms with Gasteiger partial charge < -0.3 is 4.90 Å². The van der Waals surface area contributed by atoms with E-state index < -0.39 is 0 Å². The third kappa shape index (κ3) is 2.92. The van der Waals surface area contributed by atoms with Gasteiger partial charge in [-0.25, -0.2) is 4.98 Å². The van der Waals surface area contributed by atoms with Crippen LogP contribution in [0.1, 0.15) is 35.6 Å². The molecule has 0 aromatic carbocycles. The van der Waals surface area contributed by atoms with Crippen LogP contribution >= 0.6 is 11.3 Å². The van der Waals surface area contributed by atoms with Gasteiger partial charge in [0.05, 0.1) is 5.01 Å². The maximum Gasteiger partial charge on any atom is 0.0897 e. The number of piperidine rings is 1. The summed E-state index contributed by atoms with van der Waals surface area (Å²) < 4.78 is 0. The van der Waals surface area contributed by atoms with Gasteiger partial charge in [-0.1, -0.05) is 0 Å². The highest BCUT2D eigenvalue weighted by atomic mass is 32.1. The summed E-state index contributed by atoms with van der Waals surface area (Å²) in [7, 11) is 0. The number of hydrogen-bond acceptors (Lipinski definition) is 4. The maximum atomic E-state index is 4.34. The summed E-state index contributed by atoms with van der Waals surface area (Å²) in [6.07, 6.45) is 7.60. The molecule has 0 aliphatic carbocycles. The lowest BCUT2D eigenvalue weighted by molar-refractivity contribution is 0.123. The van der Waals surface area contributed by atoms with E-state index in [1.165, 1.54) is 61.7 Å². The molecule has 18 heavy (non-hydrogen) atoms. The molecule has 1 aromatic rings. The second-order valence-corrected chi connectivity index (χ2v) is 6.92. The fourth-order valence-corrected chi connectivity index (χ4v) is 4.09. The highest BCUT2D eigenvalue weighted by molar-refractivity contribution is 7.11. The molecule has 1 aromatic heterocycles. The lowest BCUT2D eigenvalue weighted by Crippen LogP contribution is -2.43. The number of likely N-dealkylation sites (tertiary alicyclic amines) is 2. The number of aryl methyl sites for hydroxylation is 1. The van der Waals surface area contributed by atoms with Crippen molar-refractivity contribution < 1.29 is 0 Å². The van der Waals surface area contributed by atoms with Crippen LogP contribution in [-0.4, -0.2) is 47.0 Å². The monoisotopic (exact) mass is 265 g/mol. The van der Waals surface area contributed by atoms with E-state index in [1.807, 2.05) is 17.5 Å². The van der Waals surface area contributed by atoms with E-state index in [2.05, 4.69) is 21.7 Å². The van der Waals surface area contributed by atoms with Gasteiger partial charge in [0, 0.05) is 36.8 Å². The first-order chi connectivity index (χ1) is 8.81. The van der Waals surface area contributed by atoms with Crippen LogP contribution in [0.3, 0.4) is 0 Å². The third-order valence-electron chi connectivity index (χ3n) is 4.26. The van der Waals surface area contributed by atoms with Crippen LogP contribution in [0.5, 0.6) is 0 Å². The first-order valence-corrected chi connectivity index (χ1v) is 8.00. The van der Waals surface area contributed by atoms with Crippen molar-refractivity contribution in [3.8, 4) is 0 Å². The van der Waals surface area contributed by atoms with Gasteiger partial charge >= 0.3 is 0 Å². The Kier molecular flexibility index (Phi) is 3.97. The zero-order valence-corrected chi connectivity index (χ0v) is 12.1. The van der Waals surface area contributed by atoms with Gasteiger partial charge in [0.15, 0.2) is 0 Å². The van der Waals surface area contributed by atoms with Crippen molar-refractivity contribution in [3.05, 3.63) is 16.1 Å². The minimum absolute atomic E-state index is 0.868. The molecular formula is C14H23N3S. The molecule has 4 heteroatoms. The van der Waals surface area contributed by atoms with E-state index in [4.69, 9.17) is 0 Å². The molecule has 0 atom stereocenters. The molecule has 0 saturated carbocycles. The Morgan fingerprint density at radius 3 is 2.56 bits per heavy atom. The summed E-state index contributed by atoms with van der Waals surface area (Å²) in [6, 6.07) is 0.868. The summed E-state index contributed by atoms with van der Waals surface area (Å²) in [4.78, 5) is 11.1. The van der Waals surface area contributed by atoms with Crippen molar-refractivity contribution in [2.24, 2.45) is 0 Å². The Morgan fingerprint density at radius 2 is 1.94 bits per heavy atom. The summed E-state index contributed by atoms with van der Waals surface area (Å²) >= 11 is 1.84. The van der Waals surface area contributed by atoms with E-state index in [0.717, 1.165) is 12.6 Å². The SMILES string of the molecule is Cc1ncc(CN2CCC(N3CCCC3)CC2)s1. The van der Waals surface area contributed by atoms with Gasteiger partial charge in [-0.15, -0.1) is 11.3 Å². The Bertz CT molecular complexity index is 376. The molecule has 100 valence electrons. The van der Waals surface area contributed by atoms with E-state index in [1.54, 1.807) is 0 Å². The van der Waals surface area contributed by atoms with Crippen LogP contribution in [-0.2, 0) is 6.54 Å². The molecule has 0 radical (unpaired) electrons. The lowest BCUT2D eigenvalue weighted by atomic mass is 10.0. The van der Waals surface area contributed by atoms with Gasteiger partial charge in [-0.2, -0.15) is 0 Å². The molecule has 0 spiro atoms. The molecule has 0 bridgehead atoms. The molecule has 3 rings (SSSR count). The molecule has 3 nitrogen and oxygen atoms in total. The quantitative estimate of drug-likeness (QED) is 0.837. The van der Waals surface area contributed by atoms with Crippen molar-refractivity contribution in [2.45, 2.75) is 45.2 Å². The van der Waals surface area contributed by atoms with Crippen molar-refractivity contribution in [3.63, 3.8) is 0 Å². The second-order valence-electron chi connectivity index (χ2n) is 5.60. The standard InChI is InChI=1S/C14H23N3S/c1-12-15-10-14(18-12)11-16-8-4-13(5-9-16)17-6-2-3-7-17/h10,13H,2-9,11H2,1H3. The molecule has 2 aliphatic rings. The largest absolute Gasteiger partial charge is 0.300 e. The normalized spacial score (nSPS) is 23.8. The van der Waals surface area contributed by atoms with Crippen LogP contribution in [0.15, 0.2) is 6.20 Å². The molecule has 3 heterocycles. The average molecular weight is 265 g/mol. The van der Waals surface area contributed by atoms with Crippen molar-refractivity contribution in [2.75, 3.05) is 26.2 Å². The fourth-order valence-electron chi connectivity index (χ4n) is 3.25. The molecular weight excluding hydrogens is 242 g/mol. The van der Waals surface area contributed by atoms with Crippen LogP contribution < -0.4 is 0 Å². The third-order valence-corrected chi connectivity index (χ3v) is 5.16. The Labute approximate surface area is 114 Å². The molecule has 2 aliphatic heterocycles. The minimum atomic E-state index is 0.868. The maximum absolute atomic E-state index is 4.34. The highest BCUT2D eigenvalue weighted by Gasteiger charge is 2.26. The number of thiazole rings is 1. The molecule has 0 unspecified atom stereocenters. The van der Waals surface area contributed by atoms with Gasteiger partial charge in [0.25, 0.3) is 0 Å². The predicted molar refractivity (Wildman–Crippen MR) is 76.0 cm³/mol. The summed E-state index contributed by atoms with van der Waals surface area (Å²) in [5.74, 6) is 0. The van der Waals surface area contributed by atoms with E-state index in [9.17, 15) is 0 Å². The van der Waals surface area contributed by atoms with Gasteiger partial charge in [0.1, 0.15) is 0 Å². The number of nitrogens with zero attached hydrogens (tertiary/aromatic N) is 3. The number of rotatable bonds is 3. The first-order valence-electron chi connectivity index (χ1n) is 7.19. The molecule has 2 saturated heterocycles. The topological polar surface area (TPSA) is 19.4 Å². The van der Waals surface area contributed by atoms with E-state index in [0.29, 0.717) is 0 Å². The zero-order valence-electron chi connectivity index (χ0n) is 11.3. The Morgan fingerprint density at radius 1 is 1.22 bits per heavy atom. The number of aromatic nitrogens is 1. The average Bonchev–Trinajstić information content (AvgIpc) is 3.02. The minimum Gasteiger partial charge on any atom is -0.300 e. The Hall–Kier alpha value is -0.450. The van der Waals surface area contributed by atoms with Crippen molar-refractivity contribution in [1.29, 1.82) is 0 Å². The highest BCUT2D eigenvalue weighted by Crippen LogP contribution is 2.23. The van der Waals surface area contributed by atoms with Gasteiger partial charge in [0.2, 0.25) is 0 Å². The van der Waals surface area contributed by atoms with Crippen LogP contribution in [0.4, 0.5) is 0 Å². The lowest BCUT2D eigenvalue weighted by Gasteiger charge is -2.36. The predicted octanol–water partition coefficient (Wildman–Crippen LogP) is 2.51. The van der Waals surface area contributed by atoms with E-state index >= 15 is 0 Å². The second kappa shape index (κ2) is 5.68. The smallest absolute Gasteiger partial charge is 0.0897 e. The van der Waals surface area contributed by atoms with Crippen LogP contribution in [0, 0.1) is 6.92 Å². The first kappa shape index (κ1) is 12.6.